The first-order valence-corrected chi connectivity index (χ1v) is 7.43. The van der Waals surface area contributed by atoms with E-state index in [-0.39, 0.29) is 19.5 Å². The van der Waals surface area contributed by atoms with Crippen LogP contribution in [0.5, 0.6) is 0 Å². The van der Waals surface area contributed by atoms with E-state index in [2.05, 4.69) is 26.3 Å². The van der Waals surface area contributed by atoms with Gasteiger partial charge in [-0.05, 0) is 0 Å². The van der Waals surface area contributed by atoms with Crippen LogP contribution >= 0.6 is 24.4 Å². The summed E-state index contributed by atoms with van der Waals surface area (Å²) in [6.07, 6.45) is 7.06. The van der Waals surface area contributed by atoms with E-state index in [1.165, 1.54) is 0 Å². The second-order valence-electron chi connectivity index (χ2n) is 3.50. The van der Waals surface area contributed by atoms with Gasteiger partial charge < -0.3 is 59.5 Å². The van der Waals surface area contributed by atoms with Crippen molar-refractivity contribution in [1.82, 2.24) is 9.80 Å². The van der Waals surface area contributed by atoms with E-state index in [1.807, 2.05) is 9.80 Å². The molecule has 0 rings (SSSR count). The van der Waals surface area contributed by atoms with E-state index < -0.39 is 0 Å². The molecule has 7 heteroatoms. The largest absolute Gasteiger partial charge is 2.00 e. The second-order valence-corrected chi connectivity index (χ2v) is 5.56. The van der Waals surface area contributed by atoms with Gasteiger partial charge in [-0.15, -0.1) is 26.3 Å². The van der Waals surface area contributed by atoms with Crippen LogP contribution in [0.4, 0.5) is 0 Å². The molecule has 0 amide bonds. The molecule has 2 nitrogen and oxygen atoms in total. The summed E-state index contributed by atoms with van der Waals surface area (Å²) in [7, 11) is 0. The number of rotatable bonds is 8. The summed E-state index contributed by atoms with van der Waals surface area (Å²) in [6.45, 7) is 17.1. The van der Waals surface area contributed by atoms with Crippen LogP contribution in [0.25, 0.3) is 0 Å². The topological polar surface area (TPSA) is 6.48 Å². The fourth-order valence-corrected chi connectivity index (χ4v) is 1.67. The maximum atomic E-state index is 4.79. The number of hydrogen-bond donors (Lipinski definition) is 0. The molecule has 0 aromatic carbocycles. The van der Waals surface area contributed by atoms with Crippen molar-refractivity contribution < 1.29 is 19.5 Å². The normalized spacial score (nSPS) is 8.00. The summed E-state index contributed by atoms with van der Waals surface area (Å²) in [6, 6.07) is 0. The smallest absolute Gasteiger partial charge is 0.411 e. The van der Waals surface area contributed by atoms with Gasteiger partial charge in [-0.2, -0.15) is 0 Å². The van der Waals surface area contributed by atoms with Crippen LogP contribution in [-0.2, 0) is 44.7 Å². The number of nitrogens with zero attached hydrogens (tertiary/aromatic N) is 2. The Hall–Kier alpha value is -0.197. The van der Waals surface area contributed by atoms with Gasteiger partial charge in [0, 0.05) is 26.2 Å². The van der Waals surface area contributed by atoms with Crippen LogP contribution in [0.1, 0.15) is 0 Å². The van der Waals surface area contributed by atoms with Crippen molar-refractivity contribution in [1.29, 1.82) is 0 Å². The predicted octanol–water partition coefficient (Wildman–Crippen LogP) is 2.98. The molecule has 0 fully saturated rings. The molecule has 0 aliphatic rings. The first kappa shape index (κ1) is 25.7. The Balaban J connectivity index is -0.000000295. The van der Waals surface area contributed by atoms with Gasteiger partial charge in [0.05, 0.1) is 0 Å². The Labute approximate surface area is 163 Å². The van der Waals surface area contributed by atoms with Crippen LogP contribution in [0, 0.1) is 0 Å². The summed E-state index contributed by atoms with van der Waals surface area (Å²) in [4.78, 5) is 3.68. The average Bonchev–Trinajstić information content (AvgIpc) is 2.38. The maximum absolute atomic E-state index is 4.79. The molecule has 0 bridgehead atoms. The quantitative estimate of drug-likeness (QED) is 0.261. The average molecular weight is 410 g/mol. The SMILES string of the molecule is C=CCN(CC=C)C(=S)[S-].C=CCN(CC=C)C(=S)[S-].[Zn+2]. The summed E-state index contributed by atoms with van der Waals surface area (Å²) in [5.74, 6) is 0. The molecule has 0 aliphatic heterocycles. The third kappa shape index (κ3) is 16.0. The molecule has 0 radical (unpaired) electrons. The van der Waals surface area contributed by atoms with Gasteiger partial charge in [-0.3, -0.25) is 0 Å². The molecule has 0 aromatic heterocycles. The molecule has 0 aliphatic carbocycles. The minimum Gasteiger partial charge on any atom is -0.411 e. The second kappa shape index (κ2) is 17.9. The van der Waals surface area contributed by atoms with Crippen molar-refractivity contribution >= 4 is 58.3 Å². The first-order valence-electron chi connectivity index (χ1n) is 5.79. The molecule has 0 saturated heterocycles. The van der Waals surface area contributed by atoms with Gasteiger partial charge in [0.2, 0.25) is 0 Å². The molecule has 0 saturated carbocycles. The molecular formula is C14H20N2S4Zn. The zero-order valence-electron chi connectivity index (χ0n) is 12.2. The molecule has 112 valence electrons. The molecule has 21 heavy (non-hydrogen) atoms. The number of thiocarbonyl (C=S) groups is 2. The fraction of sp³-hybridized carbons (Fsp3) is 0.286. The van der Waals surface area contributed by atoms with Crippen molar-refractivity contribution in [3.05, 3.63) is 50.6 Å². The van der Waals surface area contributed by atoms with Crippen LogP contribution in [0.15, 0.2) is 50.6 Å². The van der Waals surface area contributed by atoms with Gasteiger partial charge in [-0.25, -0.2) is 0 Å². The van der Waals surface area contributed by atoms with Crippen LogP contribution < -0.4 is 0 Å². The van der Waals surface area contributed by atoms with Crippen LogP contribution in [-0.4, -0.2) is 44.6 Å². The van der Waals surface area contributed by atoms with Gasteiger partial charge >= 0.3 is 19.5 Å². The Morgan fingerprint density at radius 3 is 1.00 bits per heavy atom. The van der Waals surface area contributed by atoms with Gasteiger partial charge in [0.25, 0.3) is 0 Å². The Kier molecular flexibility index (Phi) is 21.9. The molecule has 0 aromatic rings. The van der Waals surface area contributed by atoms with E-state index in [4.69, 9.17) is 49.7 Å². The summed E-state index contributed by atoms with van der Waals surface area (Å²) < 4.78 is 0.944. The van der Waals surface area contributed by atoms with Crippen LogP contribution in [0.3, 0.4) is 0 Å². The Bertz CT molecular complexity index is 305. The van der Waals surface area contributed by atoms with Crippen molar-refractivity contribution in [2.75, 3.05) is 26.2 Å². The minimum atomic E-state index is 0. The monoisotopic (exact) mass is 408 g/mol. The van der Waals surface area contributed by atoms with Crippen molar-refractivity contribution in [3.8, 4) is 0 Å². The Morgan fingerprint density at radius 1 is 0.714 bits per heavy atom. The molecule has 0 unspecified atom stereocenters. The molecule has 0 atom stereocenters. The third-order valence-electron chi connectivity index (χ3n) is 1.91. The molecular weight excluding hydrogens is 390 g/mol. The first-order chi connectivity index (χ1) is 9.44. The third-order valence-corrected chi connectivity index (χ3v) is 2.95. The summed E-state index contributed by atoms with van der Waals surface area (Å²) in [5.41, 5.74) is 0. The standard InChI is InChI=1S/2C7H11NS2.Zn/c2*1-3-5-8(6-4-2)7(9)10;/h2*3-4H,1-2,5-6H2,(H,9,10);/q;;+2/p-2. The zero-order chi connectivity index (χ0) is 16.0. The van der Waals surface area contributed by atoms with E-state index in [0.717, 1.165) is 0 Å². The van der Waals surface area contributed by atoms with Gasteiger partial charge in [0.15, 0.2) is 0 Å². The zero-order valence-corrected chi connectivity index (χ0v) is 18.4. The molecule has 0 heterocycles. The van der Waals surface area contributed by atoms with E-state index in [1.54, 1.807) is 24.3 Å². The van der Waals surface area contributed by atoms with Crippen LogP contribution in [0.2, 0.25) is 0 Å². The summed E-state index contributed by atoms with van der Waals surface area (Å²) in [5, 5.41) is 0. The van der Waals surface area contributed by atoms with Crippen molar-refractivity contribution in [2.24, 2.45) is 0 Å². The predicted molar refractivity (Wildman–Crippen MR) is 104 cm³/mol. The van der Waals surface area contributed by atoms with E-state index in [9.17, 15) is 0 Å². The fourth-order valence-electron chi connectivity index (χ4n) is 1.07. The van der Waals surface area contributed by atoms with E-state index in [0.29, 0.717) is 34.8 Å². The Morgan fingerprint density at radius 2 is 0.905 bits per heavy atom. The van der Waals surface area contributed by atoms with Gasteiger partial charge in [-0.1, -0.05) is 32.9 Å². The van der Waals surface area contributed by atoms with Crippen molar-refractivity contribution in [2.45, 2.75) is 0 Å². The molecule has 0 N–H and O–H groups in total. The minimum absolute atomic E-state index is 0. The summed E-state index contributed by atoms with van der Waals surface area (Å²) >= 11 is 19.2. The van der Waals surface area contributed by atoms with E-state index >= 15 is 0 Å². The number of hydrogen-bond acceptors (Lipinski definition) is 4. The molecule has 0 spiro atoms. The van der Waals surface area contributed by atoms with Gasteiger partial charge in [0.1, 0.15) is 0 Å². The maximum Gasteiger partial charge on any atom is 2.00 e. The van der Waals surface area contributed by atoms with Crippen molar-refractivity contribution in [3.63, 3.8) is 0 Å².